The lowest BCUT2D eigenvalue weighted by molar-refractivity contribution is 0.141. The van der Waals surface area contributed by atoms with E-state index in [2.05, 4.69) is 36.4 Å². The van der Waals surface area contributed by atoms with E-state index in [4.69, 9.17) is 5.73 Å². The van der Waals surface area contributed by atoms with Crippen molar-refractivity contribution in [2.45, 2.75) is 25.5 Å². The van der Waals surface area contributed by atoms with Crippen LogP contribution in [0.3, 0.4) is 0 Å². The summed E-state index contributed by atoms with van der Waals surface area (Å²) >= 11 is 0. The number of hydrogen-bond acceptors (Lipinski definition) is 2. The van der Waals surface area contributed by atoms with E-state index in [1.54, 1.807) is 0 Å². The van der Waals surface area contributed by atoms with Crippen molar-refractivity contribution in [1.82, 2.24) is 0 Å². The molecule has 3 heteroatoms. The van der Waals surface area contributed by atoms with Crippen molar-refractivity contribution in [3.8, 4) is 0 Å². The number of aliphatic hydroxyl groups is 1. The van der Waals surface area contributed by atoms with Crippen LogP contribution in [0.2, 0.25) is 0 Å². The number of hydrogen-bond donors (Lipinski definition) is 2. The number of benzene rings is 3. The molecular formula is C18H20ClNO. The predicted octanol–water partition coefficient (Wildman–Crippen LogP) is 4.19. The standard InChI is InChI=1S/C18H19NO.ClH/c1-2-17(20)18(19)16-11-12-7-3-4-8-13(12)14-9-5-6-10-15(14)16;/h3-11,17-18,20H,2,19H2,1H3;1H/t17-,18+;/m0./s1. The number of aliphatic hydroxyl groups excluding tert-OH is 1. The first-order chi connectivity index (χ1) is 9.72. The smallest absolute Gasteiger partial charge is 0.0730 e. The molecule has 0 fully saturated rings. The van der Waals surface area contributed by atoms with Crippen LogP contribution in [0.25, 0.3) is 21.5 Å². The molecule has 0 heterocycles. The molecule has 3 N–H and O–H groups in total. The van der Waals surface area contributed by atoms with Crippen molar-refractivity contribution in [2.24, 2.45) is 5.73 Å². The van der Waals surface area contributed by atoms with Crippen molar-refractivity contribution in [1.29, 1.82) is 0 Å². The third-order valence-corrected chi connectivity index (χ3v) is 3.99. The van der Waals surface area contributed by atoms with Crippen LogP contribution in [0.1, 0.15) is 24.9 Å². The first kappa shape index (κ1) is 15.8. The Labute approximate surface area is 131 Å². The van der Waals surface area contributed by atoms with Gasteiger partial charge in [-0.3, -0.25) is 0 Å². The molecule has 0 unspecified atom stereocenters. The Morgan fingerprint density at radius 1 is 0.952 bits per heavy atom. The highest BCUT2D eigenvalue weighted by atomic mass is 35.5. The number of halogens is 1. The molecule has 0 aliphatic carbocycles. The molecular weight excluding hydrogens is 282 g/mol. The van der Waals surface area contributed by atoms with Crippen molar-refractivity contribution in [2.75, 3.05) is 0 Å². The van der Waals surface area contributed by atoms with Crippen LogP contribution < -0.4 is 5.73 Å². The van der Waals surface area contributed by atoms with Gasteiger partial charge >= 0.3 is 0 Å². The zero-order chi connectivity index (χ0) is 14.1. The molecule has 0 amide bonds. The van der Waals surface area contributed by atoms with Gasteiger partial charge < -0.3 is 10.8 Å². The predicted molar refractivity (Wildman–Crippen MR) is 91.9 cm³/mol. The molecule has 0 aliphatic heterocycles. The monoisotopic (exact) mass is 301 g/mol. The fraction of sp³-hybridized carbons (Fsp3) is 0.222. The zero-order valence-electron chi connectivity index (χ0n) is 12.0. The number of rotatable bonds is 3. The van der Waals surface area contributed by atoms with Crippen LogP contribution in [0.4, 0.5) is 0 Å². The van der Waals surface area contributed by atoms with Crippen molar-refractivity contribution in [3.63, 3.8) is 0 Å². The first-order valence-corrected chi connectivity index (χ1v) is 7.06. The van der Waals surface area contributed by atoms with Gasteiger partial charge in [-0.1, -0.05) is 55.5 Å². The first-order valence-electron chi connectivity index (χ1n) is 7.06. The lowest BCUT2D eigenvalue weighted by Crippen LogP contribution is -2.25. The summed E-state index contributed by atoms with van der Waals surface area (Å²) in [6.45, 7) is 1.95. The highest BCUT2D eigenvalue weighted by molar-refractivity contribution is 6.09. The maximum atomic E-state index is 10.1. The normalized spacial score (nSPS) is 13.9. The third-order valence-electron chi connectivity index (χ3n) is 3.99. The summed E-state index contributed by atoms with van der Waals surface area (Å²) in [5.41, 5.74) is 7.28. The van der Waals surface area contributed by atoms with Gasteiger partial charge in [-0.2, -0.15) is 0 Å². The van der Waals surface area contributed by atoms with Crippen LogP contribution in [0.15, 0.2) is 54.6 Å². The third kappa shape index (κ3) is 2.75. The summed E-state index contributed by atoms with van der Waals surface area (Å²) in [5.74, 6) is 0. The number of nitrogens with two attached hydrogens (primary N) is 1. The van der Waals surface area contributed by atoms with Gasteiger partial charge in [0.1, 0.15) is 0 Å². The van der Waals surface area contributed by atoms with Crippen LogP contribution in [-0.4, -0.2) is 11.2 Å². The topological polar surface area (TPSA) is 46.2 Å². The minimum absolute atomic E-state index is 0. The summed E-state index contributed by atoms with van der Waals surface area (Å²) in [6, 6.07) is 18.3. The van der Waals surface area contributed by atoms with E-state index in [1.165, 1.54) is 16.2 Å². The highest BCUT2D eigenvalue weighted by Crippen LogP contribution is 2.32. The van der Waals surface area contributed by atoms with Crippen molar-refractivity contribution < 1.29 is 5.11 Å². The van der Waals surface area contributed by atoms with Gasteiger partial charge in [-0.15, -0.1) is 12.4 Å². The highest BCUT2D eigenvalue weighted by Gasteiger charge is 2.18. The van der Waals surface area contributed by atoms with Crippen LogP contribution in [0, 0.1) is 0 Å². The Balaban J connectivity index is 0.00000161. The van der Waals surface area contributed by atoms with Crippen LogP contribution in [0.5, 0.6) is 0 Å². The average molecular weight is 302 g/mol. The fourth-order valence-electron chi connectivity index (χ4n) is 2.82. The Bertz CT molecular complexity index is 756. The molecule has 0 radical (unpaired) electrons. The van der Waals surface area contributed by atoms with Crippen LogP contribution >= 0.6 is 12.4 Å². The number of fused-ring (bicyclic) bond motifs is 3. The van der Waals surface area contributed by atoms with Gasteiger partial charge in [0, 0.05) is 0 Å². The summed E-state index contributed by atoms with van der Waals surface area (Å²) in [5, 5.41) is 14.8. The Hall–Kier alpha value is -1.61. The van der Waals surface area contributed by atoms with Gasteiger partial charge in [0.05, 0.1) is 12.1 Å². The molecule has 3 aromatic carbocycles. The molecule has 2 nitrogen and oxygen atoms in total. The van der Waals surface area contributed by atoms with E-state index < -0.39 is 6.10 Å². The quantitative estimate of drug-likeness (QED) is 0.713. The van der Waals surface area contributed by atoms with Crippen LogP contribution in [-0.2, 0) is 0 Å². The summed E-state index contributed by atoms with van der Waals surface area (Å²) in [6.07, 6.45) is 0.141. The largest absolute Gasteiger partial charge is 0.391 e. The lowest BCUT2D eigenvalue weighted by atomic mass is 9.91. The second-order valence-corrected chi connectivity index (χ2v) is 5.23. The van der Waals surface area contributed by atoms with E-state index in [0.29, 0.717) is 6.42 Å². The molecule has 0 saturated carbocycles. The lowest BCUT2D eigenvalue weighted by Gasteiger charge is -2.20. The molecule has 0 bridgehead atoms. The summed E-state index contributed by atoms with van der Waals surface area (Å²) in [7, 11) is 0. The van der Waals surface area contributed by atoms with Gasteiger partial charge in [0.25, 0.3) is 0 Å². The van der Waals surface area contributed by atoms with Gasteiger partial charge in [-0.05, 0) is 39.6 Å². The van der Waals surface area contributed by atoms with E-state index in [0.717, 1.165) is 10.9 Å². The second-order valence-electron chi connectivity index (χ2n) is 5.23. The van der Waals surface area contributed by atoms with Gasteiger partial charge in [0.15, 0.2) is 0 Å². The molecule has 2 atom stereocenters. The minimum Gasteiger partial charge on any atom is -0.391 e. The molecule has 0 aromatic heterocycles. The Morgan fingerprint density at radius 2 is 1.52 bits per heavy atom. The van der Waals surface area contributed by atoms with Crippen molar-refractivity contribution >= 4 is 34.0 Å². The minimum atomic E-state index is -0.514. The Morgan fingerprint density at radius 3 is 2.19 bits per heavy atom. The molecule has 21 heavy (non-hydrogen) atoms. The second kappa shape index (κ2) is 6.44. The molecule has 0 saturated heterocycles. The SMILES string of the molecule is CC[C@H](O)[C@H](N)c1cc2ccccc2c2ccccc12.Cl. The van der Waals surface area contributed by atoms with E-state index in [-0.39, 0.29) is 18.4 Å². The summed E-state index contributed by atoms with van der Waals surface area (Å²) < 4.78 is 0. The van der Waals surface area contributed by atoms with Crippen molar-refractivity contribution in [3.05, 3.63) is 60.2 Å². The fourth-order valence-corrected chi connectivity index (χ4v) is 2.82. The Kier molecular flexibility index (Phi) is 4.84. The summed E-state index contributed by atoms with van der Waals surface area (Å²) in [4.78, 5) is 0. The van der Waals surface area contributed by atoms with E-state index in [1.807, 2.05) is 25.1 Å². The molecule has 0 spiro atoms. The average Bonchev–Trinajstić information content (AvgIpc) is 2.52. The zero-order valence-corrected chi connectivity index (χ0v) is 12.8. The molecule has 110 valence electrons. The molecule has 3 rings (SSSR count). The van der Waals surface area contributed by atoms with Gasteiger partial charge in [0.2, 0.25) is 0 Å². The molecule has 0 aliphatic rings. The van der Waals surface area contributed by atoms with E-state index >= 15 is 0 Å². The van der Waals surface area contributed by atoms with E-state index in [9.17, 15) is 5.11 Å². The van der Waals surface area contributed by atoms with Gasteiger partial charge in [-0.25, -0.2) is 0 Å². The molecule has 3 aromatic rings. The maximum absolute atomic E-state index is 10.1. The maximum Gasteiger partial charge on any atom is 0.0730 e.